The van der Waals surface area contributed by atoms with Crippen molar-refractivity contribution in [1.82, 2.24) is 0 Å². The number of hydrogen-bond donors (Lipinski definition) is 0. The van der Waals surface area contributed by atoms with Crippen LogP contribution in [0.25, 0.3) is 38.2 Å². The van der Waals surface area contributed by atoms with E-state index in [1.165, 1.54) is 49.4 Å². The molecule has 164 valence electrons. The summed E-state index contributed by atoms with van der Waals surface area (Å²) in [6.07, 6.45) is 7.07. The lowest BCUT2D eigenvalue weighted by Gasteiger charge is -2.40. The van der Waals surface area contributed by atoms with Gasteiger partial charge < -0.3 is 0 Å². The largest absolute Gasteiger partial charge is 0.0779 e. The summed E-state index contributed by atoms with van der Waals surface area (Å²) in [6, 6.07) is 24.7. The van der Waals surface area contributed by atoms with E-state index in [1.807, 2.05) is 0 Å². The smallest absolute Gasteiger partial charge is 0.0187 e. The molecule has 0 saturated carbocycles. The average Bonchev–Trinajstić information content (AvgIpc) is 2.76. The van der Waals surface area contributed by atoms with E-state index in [1.54, 1.807) is 5.57 Å². The summed E-state index contributed by atoms with van der Waals surface area (Å²) in [5.74, 6) is 0. The molecule has 33 heavy (non-hydrogen) atoms. The number of fused-ring (bicyclic) bond motifs is 5. The van der Waals surface area contributed by atoms with Crippen LogP contribution in [0.2, 0.25) is 0 Å². The molecular formula is C32H29Br. The maximum absolute atomic E-state index is 3.87. The highest BCUT2D eigenvalue weighted by Crippen LogP contribution is 2.52. The van der Waals surface area contributed by atoms with Crippen molar-refractivity contribution < 1.29 is 0 Å². The van der Waals surface area contributed by atoms with Crippen LogP contribution in [0.1, 0.15) is 51.7 Å². The van der Waals surface area contributed by atoms with E-state index in [9.17, 15) is 0 Å². The minimum atomic E-state index is 0.0890. The van der Waals surface area contributed by atoms with Crippen molar-refractivity contribution in [1.29, 1.82) is 0 Å². The molecule has 0 fully saturated rings. The number of benzene rings is 4. The second-order valence-corrected chi connectivity index (χ2v) is 12.1. The fraction of sp³-hybridized carbons (Fsp3) is 0.250. The minimum absolute atomic E-state index is 0.0890. The van der Waals surface area contributed by atoms with Crippen molar-refractivity contribution in [2.24, 2.45) is 5.41 Å². The van der Waals surface area contributed by atoms with Crippen molar-refractivity contribution in [3.05, 3.63) is 100 Å². The lowest BCUT2D eigenvalue weighted by Crippen LogP contribution is -2.28. The topological polar surface area (TPSA) is 0 Å². The Kier molecular flexibility index (Phi) is 4.55. The Hall–Kier alpha value is -2.64. The van der Waals surface area contributed by atoms with Gasteiger partial charge in [-0.25, -0.2) is 0 Å². The predicted molar refractivity (Wildman–Crippen MR) is 147 cm³/mol. The monoisotopic (exact) mass is 492 g/mol. The summed E-state index contributed by atoms with van der Waals surface area (Å²) >= 11 is 3.87. The maximum Gasteiger partial charge on any atom is 0.0187 e. The van der Waals surface area contributed by atoms with Crippen molar-refractivity contribution in [3.8, 4) is 11.1 Å². The lowest BCUT2D eigenvalue weighted by atomic mass is 9.64. The van der Waals surface area contributed by atoms with E-state index >= 15 is 0 Å². The van der Waals surface area contributed by atoms with Crippen molar-refractivity contribution in [2.45, 2.75) is 46.0 Å². The molecule has 0 spiro atoms. The fourth-order valence-electron chi connectivity index (χ4n) is 6.23. The van der Waals surface area contributed by atoms with Gasteiger partial charge in [0.2, 0.25) is 0 Å². The molecule has 0 aromatic heterocycles. The lowest BCUT2D eigenvalue weighted by molar-refractivity contribution is 0.429. The van der Waals surface area contributed by atoms with E-state index < -0.39 is 0 Å². The first-order valence-corrected chi connectivity index (χ1v) is 12.7. The second-order valence-electron chi connectivity index (χ2n) is 11.1. The molecule has 0 bridgehead atoms. The third-order valence-corrected chi connectivity index (χ3v) is 8.01. The summed E-state index contributed by atoms with van der Waals surface area (Å²) in [6.45, 7) is 9.56. The zero-order valence-electron chi connectivity index (χ0n) is 19.8. The summed E-state index contributed by atoms with van der Waals surface area (Å²) in [5, 5.41) is 5.30. The van der Waals surface area contributed by atoms with Crippen molar-refractivity contribution >= 4 is 43.0 Å². The standard InChI is InChI=1S/C32H29Br/c1-31(2)15-14-24-21(18-31)19-32(3,4)30-27(24)13-12-26-28(16-22(33)17-29(26)30)25-11-7-9-20-8-5-6-10-23(20)25/h5-17H,18-19H2,1-4H3. The molecule has 0 aliphatic heterocycles. The van der Waals surface area contributed by atoms with E-state index in [0.717, 1.165) is 17.3 Å². The predicted octanol–water partition coefficient (Wildman–Crippen LogP) is 9.84. The van der Waals surface area contributed by atoms with Gasteiger partial charge in [-0.15, -0.1) is 0 Å². The van der Waals surface area contributed by atoms with Gasteiger partial charge in [-0.3, -0.25) is 0 Å². The normalized spacial score (nSPS) is 18.5. The number of allylic oxidation sites excluding steroid dienone is 4. The molecule has 6 rings (SSSR count). The summed E-state index contributed by atoms with van der Waals surface area (Å²) in [7, 11) is 0. The number of rotatable bonds is 1. The second kappa shape index (κ2) is 7.18. The van der Waals surface area contributed by atoms with Crippen LogP contribution in [-0.2, 0) is 5.41 Å². The van der Waals surface area contributed by atoms with E-state index in [0.29, 0.717) is 0 Å². The van der Waals surface area contributed by atoms with Crippen LogP contribution in [0.4, 0.5) is 0 Å². The summed E-state index contributed by atoms with van der Waals surface area (Å²) in [5.41, 5.74) is 8.91. The Morgan fingerprint density at radius 2 is 1.48 bits per heavy atom. The molecular weight excluding hydrogens is 464 g/mol. The van der Waals surface area contributed by atoms with Gasteiger partial charge in [-0.05, 0) is 85.2 Å². The molecule has 1 heteroatoms. The summed E-state index contributed by atoms with van der Waals surface area (Å²) in [4.78, 5) is 0. The average molecular weight is 493 g/mol. The zero-order valence-corrected chi connectivity index (χ0v) is 21.4. The molecule has 0 nitrogen and oxygen atoms in total. The Labute approximate surface area is 205 Å². The fourth-order valence-corrected chi connectivity index (χ4v) is 6.68. The van der Waals surface area contributed by atoms with Gasteiger partial charge in [0.1, 0.15) is 0 Å². The van der Waals surface area contributed by atoms with Crippen LogP contribution in [0, 0.1) is 5.41 Å². The highest BCUT2D eigenvalue weighted by Gasteiger charge is 2.36. The van der Waals surface area contributed by atoms with Gasteiger partial charge in [0.05, 0.1) is 0 Å². The van der Waals surface area contributed by atoms with Crippen LogP contribution in [0.5, 0.6) is 0 Å². The minimum Gasteiger partial charge on any atom is -0.0779 e. The van der Waals surface area contributed by atoms with E-state index in [4.69, 9.17) is 0 Å². The maximum atomic E-state index is 3.87. The Morgan fingerprint density at radius 3 is 2.33 bits per heavy atom. The quantitative estimate of drug-likeness (QED) is 0.248. The zero-order chi connectivity index (χ0) is 23.0. The molecule has 2 aliphatic carbocycles. The molecule has 0 radical (unpaired) electrons. The van der Waals surface area contributed by atoms with Crippen LogP contribution in [-0.4, -0.2) is 0 Å². The van der Waals surface area contributed by atoms with Crippen molar-refractivity contribution in [3.63, 3.8) is 0 Å². The molecule has 2 aliphatic rings. The van der Waals surface area contributed by atoms with Crippen LogP contribution in [0.15, 0.2) is 88.9 Å². The Balaban J connectivity index is 1.67. The molecule has 0 atom stereocenters. The van der Waals surface area contributed by atoms with E-state index in [2.05, 4.69) is 123 Å². The molecule has 0 saturated heterocycles. The van der Waals surface area contributed by atoms with Gasteiger partial charge in [-0.1, -0.05) is 116 Å². The molecule has 4 aromatic rings. The number of hydrogen-bond acceptors (Lipinski definition) is 0. The van der Waals surface area contributed by atoms with Gasteiger partial charge in [-0.2, -0.15) is 0 Å². The Bertz CT molecular complexity index is 1510. The van der Waals surface area contributed by atoms with Gasteiger partial charge in [0.25, 0.3) is 0 Å². The third kappa shape index (κ3) is 3.32. The third-order valence-electron chi connectivity index (χ3n) is 7.55. The first-order chi connectivity index (χ1) is 15.7. The van der Waals surface area contributed by atoms with Crippen LogP contribution < -0.4 is 0 Å². The molecule has 4 aromatic carbocycles. The Morgan fingerprint density at radius 1 is 0.697 bits per heavy atom. The van der Waals surface area contributed by atoms with Crippen LogP contribution in [0.3, 0.4) is 0 Å². The molecule has 0 N–H and O–H groups in total. The van der Waals surface area contributed by atoms with Crippen LogP contribution >= 0.6 is 15.9 Å². The summed E-state index contributed by atoms with van der Waals surface area (Å²) < 4.78 is 1.14. The highest BCUT2D eigenvalue weighted by molar-refractivity contribution is 9.10. The number of halogens is 1. The first kappa shape index (κ1) is 20.9. The van der Waals surface area contributed by atoms with E-state index in [-0.39, 0.29) is 10.8 Å². The molecule has 0 unspecified atom stereocenters. The van der Waals surface area contributed by atoms with Gasteiger partial charge in [0, 0.05) is 4.47 Å². The first-order valence-electron chi connectivity index (χ1n) is 11.9. The molecule has 0 amide bonds. The van der Waals surface area contributed by atoms with Gasteiger partial charge in [0.15, 0.2) is 0 Å². The molecule has 0 heterocycles. The van der Waals surface area contributed by atoms with Crippen molar-refractivity contribution in [2.75, 3.05) is 0 Å². The highest BCUT2D eigenvalue weighted by atomic mass is 79.9. The SMILES string of the molecule is CC1(C)C=CC2=C(C1)CC(C)(C)c1c2ccc2c(-c3cccc4ccccc34)cc(Br)cc12. The van der Waals surface area contributed by atoms with Gasteiger partial charge >= 0.3 is 0 Å².